The Morgan fingerprint density at radius 2 is 1.76 bits per heavy atom. The Hall–Kier alpha value is -3.23. The van der Waals surface area contributed by atoms with Crippen LogP contribution in [0.15, 0.2) is 12.1 Å². The number of hydrogen-bond donors (Lipinski definition) is 2. The molecule has 3 unspecified atom stereocenters. The topological polar surface area (TPSA) is 110 Å². The Bertz CT molecular complexity index is 1060. The largest absolute Gasteiger partial charge is 0.493 e. The molecule has 0 aliphatic carbocycles. The summed E-state index contributed by atoms with van der Waals surface area (Å²) in [4.78, 5) is 43.1. The van der Waals surface area contributed by atoms with Crippen LogP contribution in [0.5, 0.6) is 11.5 Å². The van der Waals surface area contributed by atoms with Crippen LogP contribution in [0, 0.1) is 5.92 Å². The zero-order chi connectivity index (χ0) is 24.4. The van der Waals surface area contributed by atoms with Crippen LogP contribution in [0.1, 0.15) is 51.4 Å². The number of esters is 1. The number of aromatic nitrogens is 1. The van der Waals surface area contributed by atoms with E-state index in [0.29, 0.717) is 17.9 Å². The number of ether oxygens (including phenoxy) is 3. The molecule has 0 spiro atoms. The molecule has 0 bridgehead atoms. The van der Waals surface area contributed by atoms with Crippen molar-refractivity contribution in [3.63, 3.8) is 0 Å². The van der Waals surface area contributed by atoms with Crippen molar-refractivity contribution >= 4 is 28.7 Å². The van der Waals surface area contributed by atoms with Crippen molar-refractivity contribution in [3.05, 3.63) is 23.4 Å². The number of nitrogens with zero attached hydrogens (tertiary/aromatic N) is 1. The van der Waals surface area contributed by atoms with E-state index in [9.17, 15) is 14.4 Å². The lowest BCUT2D eigenvalue weighted by Gasteiger charge is -2.42. The van der Waals surface area contributed by atoms with E-state index in [4.69, 9.17) is 14.2 Å². The van der Waals surface area contributed by atoms with Crippen LogP contribution in [0.2, 0.25) is 0 Å². The number of carbonyl (C=O) groups excluding carboxylic acids is 3. The molecule has 1 aliphatic rings. The van der Waals surface area contributed by atoms with Gasteiger partial charge < -0.3 is 29.4 Å². The fraction of sp³-hybridized carbons (Fsp3) is 0.542. The minimum absolute atomic E-state index is 0.237. The molecule has 0 radical (unpaired) electrons. The Labute approximate surface area is 193 Å². The molecule has 2 heterocycles. The van der Waals surface area contributed by atoms with Gasteiger partial charge in [-0.05, 0) is 30.9 Å². The highest BCUT2D eigenvalue weighted by atomic mass is 16.5. The van der Waals surface area contributed by atoms with Crippen LogP contribution in [-0.4, -0.2) is 61.1 Å². The minimum Gasteiger partial charge on any atom is -0.493 e. The molecule has 9 heteroatoms. The second-order valence-electron chi connectivity index (χ2n) is 8.83. The maximum Gasteiger partial charge on any atom is 0.328 e. The van der Waals surface area contributed by atoms with E-state index in [1.165, 1.54) is 14.0 Å². The molecule has 9 nitrogen and oxygen atoms in total. The summed E-state index contributed by atoms with van der Waals surface area (Å²) in [5.74, 6) is 0.271. The third kappa shape index (κ3) is 4.62. The van der Waals surface area contributed by atoms with Crippen molar-refractivity contribution in [2.75, 3.05) is 21.3 Å². The molecule has 1 aromatic heterocycles. The molecule has 33 heavy (non-hydrogen) atoms. The summed E-state index contributed by atoms with van der Waals surface area (Å²) in [6.45, 7) is 7.12. The molecule has 180 valence electrons. The lowest BCUT2D eigenvalue weighted by atomic mass is 9.87. The van der Waals surface area contributed by atoms with Gasteiger partial charge in [0.1, 0.15) is 12.1 Å². The van der Waals surface area contributed by atoms with Gasteiger partial charge in [0.25, 0.3) is 0 Å². The Kier molecular flexibility index (Phi) is 7.19. The molecule has 2 aromatic rings. The van der Waals surface area contributed by atoms with Gasteiger partial charge in [-0.1, -0.05) is 13.8 Å². The highest BCUT2D eigenvalue weighted by Gasteiger charge is 2.44. The highest BCUT2D eigenvalue weighted by molar-refractivity contribution is 5.94. The smallest absolute Gasteiger partial charge is 0.328 e. The van der Waals surface area contributed by atoms with Crippen LogP contribution < -0.4 is 14.8 Å². The van der Waals surface area contributed by atoms with E-state index in [-0.39, 0.29) is 24.2 Å². The number of nitrogens with one attached hydrogen (secondary N) is 2. The molecule has 3 atom stereocenters. The number of aromatic amines is 1. The zero-order valence-corrected chi connectivity index (χ0v) is 20.3. The first kappa shape index (κ1) is 24.4. The van der Waals surface area contributed by atoms with Crippen LogP contribution in [0.3, 0.4) is 0 Å². The zero-order valence-electron chi connectivity index (χ0n) is 20.3. The van der Waals surface area contributed by atoms with Crippen molar-refractivity contribution in [3.8, 4) is 11.5 Å². The molecule has 0 saturated carbocycles. The molecule has 1 aliphatic heterocycles. The average Bonchev–Trinajstić information content (AvgIpc) is 3.13. The Balaban J connectivity index is 2.21. The highest BCUT2D eigenvalue weighted by Crippen LogP contribution is 2.43. The molecule has 1 aromatic carbocycles. The van der Waals surface area contributed by atoms with E-state index in [1.807, 2.05) is 12.1 Å². The van der Waals surface area contributed by atoms with E-state index in [0.717, 1.165) is 22.2 Å². The predicted octanol–water partition coefficient (Wildman–Crippen LogP) is 2.72. The molecule has 3 rings (SSSR count). The van der Waals surface area contributed by atoms with Gasteiger partial charge in [-0.15, -0.1) is 0 Å². The molecule has 0 fully saturated rings. The first-order valence-corrected chi connectivity index (χ1v) is 11.1. The second-order valence-corrected chi connectivity index (χ2v) is 8.83. The number of carbonyl (C=O) groups is 3. The summed E-state index contributed by atoms with van der Waals surface area (Å²) in [5.41, 5.74) is 2.65. The van der Waals surface area contributed by atoms with Gasteiger partial charge in [-0.2, -0.15) is 0 Å². The monoisotopic (exact) mass is 459 g/mol. The molecule has 0 saturated heterocycles. The summed E-state index contributed by atoms with van der Waals surface area (Å²) in [6.07, 6.45) is 0.907. The van der Waals surface area contributed by atoms with Gasteiger partial charge in [-0.3, -0.25) is 9.59 Å². The first-order chi connectivity index (χ1) is 15.6. The molecule has 2 N–H and O–H groups in total. The third-order valence-electron chi connectivity index (χ3n) is 6.06. The van der Waals surface area contributed by atoms with Crippen molar-refractivity contribution in [2.45, 2.75) is 58.7 Å². The number of hydrogen-bond acceptors (Lipinski definition) is 6. The van der Waals surface area contributed by atoms with Crippen molar-refractivity contribution in [2.24, 2.45) is 5.92 Å². The summed E-state index contributed by atoms with van der Waals surface area (Å²) in [6, 6.07) is 1.75. The standard InChI is InChI=1S/C24H33N3O6/c1-12(2)8-18-22-16(15-10-20(31-5)21(32-6)11-17(15)26-22)9-19(24(30)33-7)27(18)23(29)13(3)25-14(4)28/h10-13,18-19,26H,8-9H2,1-7H3,(H,25,28). The number of methoxy groups -OCH3 is 3. The Morgan fingerprint density at radius 1 is 1.12 bits per heavy atom. The quantitative estimate of drug-likeness (QED) is 0.616. The van der Waals surface area contributed by atoms with Gasteiger partial charge in [0, 0.05) is 36.0 Å². The van der Waals surface area contributed by atoms with Gasteiger partial charge in [0.05, 0.1) is 27.4 Å². The summed E-state index contributed by atoms with van der Waals surface area (Å²) in [7, 11) is 4.47. The van der Waals surface area contributed by atoms with E-state index >= 15 is 0 Å². The van der Waals surface area contributed by atoms with Crippen molar-refractivity contribution in [1.29, 1.82) is 0 Å². The third-order valence-corrected chi connectivity index (χ3v) is 6.06. The number of rotatable bonds is 7. The molecular weight excluding hydrogens is 426 g/mol. The maximum atomic E-state index is 13.5. The van der Waals surface area contributed by atoms with Gasteiger partial charge >= 0.3 is 5.97 Å². The molecular formula is C24H33N3O6. The summed E-state index contributed by atoms with van der Waals surface area (Å²) < 4.78 is 16.0. The van der Waals surface area contributed by atoms with E-state index in [2.05, 4.69) is 24.1 Å². The van der Waals surface area contributed by atoms with Crippen molar-refractivity contribution < 1.29 is 28.6 Å². The maximum absolute atomic E-state index is 13.5. The summed E-state index contributed by atoms with van der Waals surface area (Å²) in [5, 5.41) is 3.56. The number of benzene rings is 1. The normalized spacial score (nSPS) is 18.6. The SMILES string of the molecule is COC(=O)C1Cc2c([nH]c3cc(OC)c(OC)cc23)C(CC(C)C)N1C(=O)C(C)NC(C)=O. The number of H-pyrrole nitrogens is 1. The van der Waals surface area contributed by atoms with Crippen LogP contribution in [0.25, 0.3) is 10.9 Å². The first-order valence-electron chi connectivity index (χ1n) is 11.1. The van der Waals surface area contributed by atoms with Crippen LogP contribution in [0.4, 0.5) is 0 Å². The summed E-state index contributed by atoms with van der Waals surface area (Å²) >= 11 is 0. The van der Waals surface area contributed by atoms with Gasteiger partial charge in [0.2, 0.25) is 11.8 Å². The van der Waals surface area contributed by atoms with Crippen LogP contribution in [-0.2, 0) is 25.5 Å². The van der Waals surface area contributed by atoms with E-state index < -0.39 is 24.1 Å². The van der Waals surface area contributed by atoms with Gasteiger partial charge in [-0.25, -0.2) is 4.79 Å². The minimum atomic E-state index is -0.818. The van der Waals surface area contributed by atoms with Crippen molar-refractivity contribution in [1.82, 2.24) is 15.2 Å². The fourth-order valence-electron chi connectivity index (χ4n) is 4.66. The van der Waals surface area contributed by atoms with E-state index in [1.54, 1.807) is 26.0 Å². The second kappa shape index (κ2) is 9.72. The fourth-order valence-corrected chi connectivity index (χ4v) is 4.66. The molecule has 2 amide bonds. The van der Waals surface area contributed by atoms with Crippen LogP contribution >= 0.6 is 0 Å². The number of fused-ring (bicyclic) bond motifs is 3. The number of amides is 2. The lowest BCUT2D eigenvalue weighted by molar-refractivity contribution is -0.157. The lowest BCUT2D eigenvalue weighted by Crippen LogP contribution is -2.56. The Morgan fingerprint density at radius 3 is 2.30 bits per heavy atom. The predicted molar refractivity (Wildman–Crippen MR) is 123 cm³/mol. The van der Waals surface area contributed by atoms with Gasteiger partial charge in [0.15, 0.2) is 11.5 Å². The average molecular weight is 460 g/mol.